The molecule has 0 saturated carbocycles. The van der Waals surface area contributed by atoms with Gasteiger partial charge in [0.25, 0.3) is 0 Å². The van der Waals surface area contributed by atoms with E-state index in [-0.39, 0.29) is 0 Å². The van der Waals surface area contributed by atoms with Crippen LogP contribution >= 0.6 is 15.9 Å². The number of aromatic nitrogens is 1. The molecule has 1 atom stereocenters. The Morgan fingerprint density at radius 3 is 3.08 bits per heavy atom. The maximum atomic E-state index is 4.45. The molecule has 2 rings (SSSR count). The van der Waals surface area contributed by atoms with Crippen molar-refractivity contribution in [3.8, 4) is 0 Å². The average molecular weight is 241 g/mol. The summed E-state index contributed by atoms with van der Waals surface area (Å²) in [6.45, 7) is 3.18. The van der Waals surface area contributed by atoms with Crippen LogP contribution in [0.5, 0.6) is 0 Å². The summed E-state index contributed by atoms with van der Waals surface area (Å²) in [7, 11) is 0. The van der Waals surface area contributed by atoms with Gasteiger partial charge in [-0.05, 0) is 53.9 Å². The van der Waals surface area contributed by atoms with Crippen molar-refractivity contribution in [2.24, 2.45) is 0 Å². The third-order valence-corrected chi connectivity index (χ3v) is 3.03. The van der Waals surface area contributed by atoms with E-state index < -0.39 is 0 Å². The van der Waals surface area contributed by atoms with Crippen LogP contribution in [0.1, 0.15) is 30.1 Å². The van der Waals surface area contributed by atoms with E-state index in [9.17, 15) is 0 Å². The number of nitrogens with zero attached hydrogens (tertiary/aromatic N) is 1. The minimum absolute atomic E-state index is 0.454. The van der Waals surface area contributed by atoms with Gasteiger partial charge in [0.2, 0.25) is 0 Å². The Hall–Kier alpha value is -0.410. The zero-order valence-electron chi connectivity index (χ0n) is 7.68. The van der Waals surface area contributed by atoms with Gasteiger partial charge in [0.05, 0.1) is 11.7 Å². The third kappa shape index (κ3) is 1.92. The predicted molar refractivity (Wildman–Crippen MR) is 56.7 cm³/mol. The highest BCUT2D eigenvalue weighted by atomic mass is 79.9. The van der Waals surface area contributed by atoms with E-state index in [4.69, 9.17) is 0 Å². The van der Waals surface area contributed by atoms with Gasteiger partial charge < -0.3 is 5.32 Å². The van der Waals surface area contributed by atoms with Crippen LogP contribution in [0.3, 0.4) is 0 Å². The molecule has 0 radical (unpaired) electrons. The highest BCUT2D eigenvalue weighted by Crippen LogP contribution is 2.27. The number of rotatable bonds is 1. The van der Waals surface area contributed by atoms with E-state index in [1.165, 1.54) is 18.4 Å². The Morgan fingerprint density at radius 1 is 1.62 bits per heavy atom. The lowest BCUT2D eigenvalue weighted by Gasteiger charge is -2.11. The van der Waals surface area contributed by atoms with Crippen LogP contribution in [0.4, 0.5) is 0 Å². The molecule has 0 aliphatic carbocycles. The number of pyridine rings is 1. The second-order valence-corrected chi connectivity index (χ2v) is 4.38. The normalized spacial score (nSPS) is 22.2. The molecule has 0 unspecified atom stereocenters. The van der Waals surface area contributed by atoms with Gasteiger partial charge >= 0.3 is 0 Å². The van der Waals surface area contributed by atoms with Crippen LogP contribution in [-0.4, -0.2) is 11.5 Å². The topological polar surface area (TPSA) is 24.9 Å². The van der Waals surface area contributed by atoms with Gasteiger partial charge in [-0.15, -0.1) is 0 Å². The van der Waals surface area contributed by atoms with E-state index in [1.54, 1.807) is 0 Å². The first-order valence-corrected chi connectivity index (χ1v) is 5.42. The van der Waals surface area contributed by atoms with Crippen LogP contribution in [-0.2, 0) is 0 Å². The summed E-state index contributed by atoms with van der Waals surface area (Å²) in [5.41, 5.74) is 2.36. The highest BCUT2D eigenvalue weighted by Gasteiger charge is 2.19. The lowest BCUT2D eigenvalue weighted by atomic mass is 10.1. The predicted octanol–water partition coefficient (Wildman–Crippen LogP) is 2.58. The molecule has 1 aliphatic rings. The van der Waals surface area contributed by atoms with Crippen molar-refractivity contribution in [3.05, 3.63) is 28.0 Å². The Bertz CT molecular complexity index is 306. The fourth-order valence-corrected chi connectivity index (χ4v) is 2.46. The lowest BCUT2D eigenvalue weighted by molar-refractivity contribution is 0.624. The van der Waals surface area contributed by atoms with Crippen molar-refractivity contribution < 1.29 is 0 Å². The first-order valence-electron chi connectivity index (χ1n) is 4.63. The molecular weight excluding hydrogens is 228 g/mol. The molecule has 0 amide bonds. The molecule has 0 spiro atoms. The van der Waals surface area contributed by atoms with Gasteiger partial charge in [-0.2, -0.15) is 0 Å². The zero-order chi connectivity index (χ0) is 9.26. The molecule has 3 heteroatoms. The second-order valence-electron chi connectivity index (χ2n) is 3.53. The van der Waals surface area contributed by atoms with E-state index in [0.717, 1.165) is 16.7 Å². The molecule has 13 heavy (non-hydrogen) atoms. The van der Waals surface area contributed by atoms with Crippen LogP contribution in [0.15, 0.2) is 16.7 Å². The Kier molecular flexibility index (Phi) is 2.65. The number of hydrogen-bond donors (Lipinski definition) is 1. The van der Waals surface area contributed by atoms with Crippen molar-refractivity contribution in [3.63, 3.8) is 0 Å². The summed E-state index contributed by atoms with van der Waals surface area (Å²) in [6, 6.07) is 2.58. The van der Waals surface area contributed by atoms with Gasteiger partial charge in [-0.3, -0.25) is 4.98 Å². The number of aryl methyl sites for hydroxylation is 1. The van der Waals surface area contributed by atoms with Gasteiger partial charge in [0, 0.05) is 10.7 Å². The SMILES string of the molecule is Cc1cnc([C@@H]2CCCN2)c(Br)c1. The molecule has 1 aliphatic heterocycles. The summed E-state index contributed by atoms with van der Waals surface area (Å²) in [5, 5.41) is 3.44. The minimum atomic E-state index is 0.454. The summed E-state index contributed by atoms with van der Waals surface area (Å²) in [4.78, 5) is 4.45. The molecule has 0 bridgehead atoms. The fraction of sp³-hybridized carbons (Fsp3) is 0.500. The summed E-state index contributed by atoms with van der Waals surface area (Å²) in [6.07, 6.45) is 4.39. The molecule has 1 N–H and O–H groups in total. The Balaban J connectivity index is 2.29. The minimum Gasteiger partial charge on any atom is -0.309 e. The molecule has 0 aromatic carbocycles. The average Bonchev–Trinajstić information content (AvgIpc) is 2.56. The van der Waals surface area contributed by atoms with Gasteiger partial charge in [-0.1, -0.05) is 0 Å². The number of halogens is 1. The smallest absolute Gasteiger partial charge is 0.0715 e. The highest BCUT2D eigenvalue weighted by molar-refractivity contribution is 9.10. The fourth-order valence-electron chi connectivity index (χ4n) is 1.72. The molecule has 1 saturated heterocycles. The molecule has 2 nitrogen and oxygen atoms in total. The van der Waals surface area contributed by atoms with Crippen LogP contribution < -0.4 is 5.32 Å². The summed E-state index contributed by atoms with van der Waals surface area (Å²) < 4.78 is 1.13. The van der Waals surface area contributed by atoms with Crippen LogP contribution in [0.2, 0.25) is 0 Å². The first-order chi connectivity index (χ1) is 6.27. The standard InChI is InChI=1S/C10H13BrN2/c1-7-5-8(11)10(13-6-7)9-3-2-4-12-9/h5-6,9,12H,2-4H2,1H3/t9-/m0/s1. The molecule has 1 aromatic rings. The Labute approximate surface area is 86.9 Å². The van der Waals surface area contributed by atoms with Crippen LogP contribution in [0.25, 0.3) is 0 Å². The quantitative estimate of drug-likeness (QED) is 0.817. The van der Waals surface area contributed by atoms with Gasteiger partial charge in [-0.25, -0.2) is 0 Å². The van der Waals surface area contributed by atoms with Crippen molar-refractivity contribution in [1.82, 2.24) is 10.3 Å². The molecule has 2 heterocycles. The molecular formula is C10H13BrN2. The molecule has 70 valence electrons. The largest absolute Gasteiger partial charge is 0.309 e. The van der Waals surface area contributed by atoms with Crippen molar-refractivity contribution in [1.29, 1.82) is 0 Å². The van der Waals surface area contributed by atoms with Gasteiger partial charge in [0.1, 0.15) is 0 Å². The van der Waals surface area contributed by atoms with Crippen molar-refractivity contribution in [2.45, 2.75) is 25.8 Å². The van der Waals surface area contributed by atoms with Crippen molar-refractivity contribution in [2.75, 3.05) is 6.54 Å². The maximum Gasteiger partial charge on any atom is 0.0715 e. The van der Waals surface area contributed by atoms with E-state index in [2.05, 4.69) is 39.2 Å². The number of hydrogen-bond acceptors (Lipinski definition) is 2. The van der Waals surface area contributed by atoms with Crippen LogP contribution in [0, 0.1) is 6.92 Å². The summed E-state index contributed by atoms with van der Waals surface area (Å²) >= 11 is 3.55. The van der Waals surface area contributed by atoms with Gasteiger partial charge in [0.15, 0.2) is 0 Å². The lowest BCUT2D eigenvalue weighted by Crippen LogP contribution is -2.14. The van der Waals surface area contributed by atoms with E-state index in [0.29, 0.717) is 6.04 Å². The first kappa shape index (κ1) is 9.16. The Morgan fingerprint density at radius 2 is 2.46 bits per heavy atom. The van der Waals surface area contributed by atoms with E-state index in [1.807, 2.05) is 6.20 Å². The number of nitrogens with one attached hydrogen (secondary N) is 1. The third-order valence-electron chi connectivity index (χ3n) is 2.40. The monoisotopic (exact) mass is 240 g/mol. The van der Waals surface area contributed by atoms with E-state index >= 15 is 0 Å². The maximum absolute atomic E-state index is 4.45. The summed E-state index contributed by atoms with van der Waals surface area (Å²) in [5.74, 6) is 0. The molecule has 1 aromatic heterocycles. The zero-order valence-corrected chi connectivity index (χ0v) is 9.26. The molecule has 1 fully saturated rings. The second kappa shape index (κ2) is 3.76. The van der Waals surface area contributed by atoms with Crippen molar-refractivity contribution >= 4 is 15.9 Å².